The molecule has 18 heavy (non-hydrogen) atoms. The topological polar surface area (TPSA) is 46.3 Å². The van der Waals surface area contributed by atoms with Crippen LogP contribution in [0.25, 0.3) is 0 Å². The van der Waals surface area contributed by atoms with Gasteiger partial charge in [0.1, 0.15) is 0 Å². The number of rotatable bonds is 7. The lowest BCUT2D eigenvalue weighted by Crippen LogP contribution is -2.44. The van der Waals surface area contributed by atoms with Crippen LogP contribution in [0.4, 0.5) is 0 Å². The Morgan fingerprint density at radius 3 is 2.67 bits per heavy atom. The van der Waals surface area contributed by atoms with Gasteiger partial charge in [0.25, 0.3) is 0 Å². The molecule has 1 amide bonds. The van der Waals surface area contributed by atoms with Gasteiger partial charge in [0.05, 0.1) is 0 Å². The van der Waals surface area contributed by atoms with Gasteiger partial charge in [-0.3, -0.25) is 4.79 Å². The first kappa shape index (κ1) is 15.5. The van der Waals surface area contributed by atoms with Crippen LogP contribution in [0, 0.1) is 0 Å². The Morgan fingerprint density at radius 1 is 1.17 bits per heavy atom. The Morgan fingerprint density at radius 2 is 1.94 bits per heavy atom. The van der Waals surface area contributed by atoms with Crippen LogP contribution in [-0.2, 0) is 4.79 Å². The van der Waals surface area contributed by atoms with E-state index in [1.807, 2.05) is 0 Å². The average Bonchev–Trinajstić information content (AvgIpc) is 2.63. The molecule has 1 unspecified atom stereocenters. The van der Waals surface area contributed by atoms with Crippen molar-refractivity contribution in [2.45, 2.75) is 77.2 Å². The number of amides is 1. The van der Waals surface area contributed by atoms with Gasteiger partial charge in [-0.25, -0.2) is 0 Å². The fourth-order valence-electron chi connectivity index (χ4n) is 2.77. The second-order valence-corrected chi connectivity index (χ2v) is 5.49. The molecular weight excluding hydrogens is 224 g/mol. The summed E-state index contributed by atoms with van der Waals surface area (Å²) in [7, 11) is 0. The zero-order chi connectivity index (χ0) is 13.2. The highest BCUT2D eigenvalue weighted by Gasteiger charge is 2.23. The molecular formula is C15H30N2O. The Kier molecular flexibility index (Phi) is 8.06. The number of carbonyl (C=O) groups is 1. The van der Waals surface area contributed by atoms with Crippen LogP contribution in [0.3, 0.4) is 0 Å². The molecule has 0 aromatic carbocycles. The highest BCUT2D eigenvalue weighted by atomic mass is 16.2. The van der Waals surface area contributed by atoms with E-state index in [0.717, 1.165) is 32.2 Å². The van der Waals surface area contributed by atoms with Crippen molar-refractivity contribution in [3.8, 4) is 0 Å². The van der Waals surface area contributed by atoms with E-state index in [9.17, 15) is 4.79 Å². The Hall–Kier alpha value is -0.570. The summed E-state index contributed by atoms with van der Waals surface area (Å²) in [4.78, 5) is 14.3. The molecule has 106 valence electrons. The summed E-state index contributed by atoms with van der Waals surface area (Å²) >= 11 is 0. The summed E-state index contributed by atoms with van der Waals surface area (Å²) in [6.45, 7) is 3.77. The summed E-state index contributed by atoms with van der Waals surface area (Å²) in [5, 5.41) is 0. The normalized spacial score (nSPS) is 20.8. The maximum absolute atomic E-state index is 12.2. The summed E-state index contributed by atoms with van der Waals surface area (Å²) in [6, 6.07) is 0.302. The summed E-state index contributed by atoms with van der Waals surface area (Å²) in [6.07, 6.45) is 11.5. The van der Waals surface area contributed by atoms with Crippen molar-refractivity contribution in [1.82, 2.24) is 4.90 Å². The van der Waals surface area contributed by atoms with Crippen molar-refractivity contribution in [3.05, 3.63) is 0 Å². The molecule has 0 aliphatic carbocycles. The minimum Gasteiger partial charge on any atom is -0.338 e. The van der Waals surface area contributed by atoms with E-state index in [1.54, 1.807) is 0 Å². The average molecular weight is 254 g/mol. The summed E-state index contributed by atoms with van der Waals surface area (Å²) in [5.74, 6) is 0.337. The Bertz CT molecular complexity index is 231. The van der Waals surface area contributed by atoms with Gasteiger partial charge in [-0.05, 0) is 19.3 Å². The van der Waals surface area contributed by atoms with Crippen LogP contribution in [0.2, 0.25) is 0 Å². The molecule has 1 atom stereocenters. The largest absolute Gasteiger partial charge is 0.338 e. The van der Waals surface area contributed by atoms with Crippen molar-refractivity contribution in [2.75, 3.05) is 13.1 Å². The molecule has 3 nitrogen and oxygen atoms in total. The molecule has 1 aliphatic heterocycles. The second kappa shape index (κ2) is 9.37. The Balaban J connectivity index is 2.28. The minimum absolute atomic E-state index is 0.302. The first-order chi connectivity index (χ1) is 8.79. The van der Waals surface area contributed by atoms with E-state index < -0.39 is 0 Å². The fourth-order valence-corrected chi connectivity index (χ4v) is 2.77. The highest BCUT2D eigenvalue weighted by Crippen LogP contribution is 2.18. The van der Waals surface area contributed by atoms with Crippen molar-refractivity contribution >= 4 is 5.91 Å². The SMILES string of the molecule is CCCCCCCC(=O)N1CCCCCC1CN. The highest BCUT2D eigenvalue weighted by molar-refractivity contribution is 5.76. The molecule has 1 heterocycles. The van der Waals surface area contributed by atoms with Crippen LogP contribution in [0.15, 0.2) is 0 Å². The van der Waals surface area contributed by atoms with E-state index in [1.165, 1.54) is 38.5 Å². The molecule has 0 radical (unpaired) electrons. The smallest absolute Gasteiger partial charge is 0.222 e. The first-order valence-electron chi connectivity index (χ1n) is 7.79. The third-order valence-electron chi connectivity index (χ3n) is 3.96. The standard InChI is InChI=1S/C15H30N2O/c1-2-3-4-5-8-11-15(18)17-12-9-6-7-10-14(17)13-16/h14H,2-13,16H2,1H3. The third-order valence-corrected chi connectivity index (χ3v) is 3.96. The molecule has 1 fully saturated rings. The lowest BCUT2D eigenvalue weighted by molar-refractivity contribution is -0.133. The first-order valence-corrected chi connectivity index (χ1v) is 7.79. The van der Waals surface area contributed by atoms with E-state index >= 15 is 0 Å². The van der Waals surface area contributed by atoms with E-state index in [-0.39, 0.29) is 0 Å². The van der Waals surface area contributed by atoms with Crippen molar-refractivity contribution in [3.63, 3.8) is 0 Å². The summed E-state index contributed by atoms with van der Waals surface area (Å²) in [5.41, 5.74) is 5.80. The number of hydrogen-bond donors (Lipinski definition) is 1. The monoisotopic (exact) mass is 254 g/mol. The third kappa shape index (κ3) is 5.38. The fraction of sp³-hybridized carbons (Fsp3) is 0.933. The number of nitrogens with zero attached hydrogens (tertiary/aromatic N) is 1. The quantitative estimate of drug-likeness (QED) is 0.710. The van der Waals surface area contributed by atoms with Gasteiger partial charge in [-0.2, -0.15) is 0 Å². The molecule has 1 aliphatic rings. The Labute approximate surface area is 112 Å². The van der Waals surface area contributed by atoms with Crippen LogP contribution in [0.5, 0.6) is 0 Å². The van der Waals surface area contributed by atoms with Gasteiger partial charge in [-0.1, -0.05) is 45.4 Å². The van der Waals surface area contributed by atoms with Crippen molar-refractivity contribution in [2.24, 2.45) is 5.73 Å². The lowest BCUT2D eigenvalue weighted by Gasteiger charge is -2.29. The van der Waals surface area contributed by atoms with Gasteiger partial charge in [0.15, 0.2) is 0 Å². The van der Waals surface area contributed by atoms with Crippen molar-refractivity contribution < 1.29 is 4.79 Å². The van der Waals surface area contributed by atoms with Crippen molar-refractivity contribution in [1.29, 1.82) is 0 Å². The molecule has 0 spiro atoms. The van der Waals surface area contributed by atoms with E-state index in [4.69, 9.17) is 5.73 Å². The van der Waals surface area contributed by atoms with Gasteiger partial charge in [-0.15, -0.1) is 0 Å². The molecule has 0 aromatic heterocycles. The molecule has 2 N–H and O–H groups in total. The van der Waals surface area contributed by atoms with Crippen LogP contribution in [-0.4, -0.2) is 29.9 Å². The molecule has 0 aromatic rings. The van der Waals surface area contributed by atoms with Gasteiger partial charge < -0.3 is 10.6 Å². The molecule has 0 saturated carbocycles. The lowest BCUT2D eigenvalue weighted by atomic mass is 10.1. The van der Waals surface area contributed by atoms with Gasteiger partial charge in [0.2, 0.25) is 5.91 Å². The maximum atomic E-state index is 12.2. The van der Waals surface area contributed by atoms with E-state index in [2.05, 4.69) is 11.8 Å². The predicted molar refractivity (Wildman–Crippen MR) is 76.4 cm³/mol. The molecule has 1 saturated heterocycles. The van der Waals surface area contributed by atoms with Crippen LogP contribution in [0.1, 0.15) is 71.1 Å². The van der Waals surface area contributed by atoms with Crippen LogP contribution >= 0.6 is 0 Å². The predicted octanol–water partition coefficient (Wildman–Crippen LogP) is 3.08. The number of likely N-dealkylation sites (tertiary alicyclic amines) is 1. The maximum Gasteiger partial charge on any atom is 0.222 e. The van der Waals surface area contributed by atoms with Gasteiger partial charge >= 0.3 is 0 Å². The second-order valence-electron chi connectivity index (χ2n) is 5.49. The minimum atomic E-state index is 0.302. The molecule has 3 heteroatoms. The summed E-state index contributed by atoms with van der Waals surface area (Å²) < 4.78 is 0. The number of nitrogens with two attached hydrogens (primary N) is 1. The van der Waals surface area contributed by atoms with Crippen LogP contribution < -0.4 is 5.73 Å². The zero-order valence-corrected chi connectivity index (χ0v) is 12.0. The molecule has 0 bridgehead atoms. The van der Waals surface area contributed by atoms with Gasteiger partial charge in [0, 0.05) is 25.6 Å². The number of hydrogen-bond acceptors (Lipinski definition) is 2. The molecule has 1 rings (SSSR count). The number of unbranched alkanes of at least 4 members (excludes halogenated alkanes) is 4. The van der Waals surface area contributed by atoms with E-state index in [0.29, 0.717) is 18.5 Å². The number of carbonyl (C=O) groups excluding carboxylic acids is 1. The zero-order valence-electron chi connectivity index (χ0n) is 12.0.